The third-order valence-electron chi connectivity index (χ3n) is 6.44. The predicted molar refractivity (Wildman–Crippen MR) is 150 cm³/mol. The number of sulfonamides is 1. The van der Waals surface area contributed by atoms with E-state index >= 15 is 0 Å². The van der Waals surface area contributed by atoms with E-state index in [1.807, 2.05) is 42.5 Å². The van der Waals surface area contributed by atoms with Crippen LogP contribution in [0.2, 0.25) is 0 Å². The molecule has 37 heavy (non-hydrogen) atoms. The monoisotopic (exact) mass is 533 g/mol. The lowest BCUT2D eigenvalue weighted by atomic mass is 9.96. The van der Waals surface area contributed by atoms with Crippen LogP contribution in [0.4, 0.5) is 11.4 Å². The molecule has 0 bridgehead atoms. The molecule has 2 atom stereocenters. The summed E-state index contributed by atoms with van der Waals surface area (Å²) in [5, 5.41) is 13.8. The number of phenolic OH excluding ortho intramolecular Hbond substituents is 1. The number of thiocarbonyl (C=S) groups is 1. The van der Waals surface area contributed by atoms with Crippen molar-refractivity contribution in [3.63, 3.8) is 0 Å². The van der Waals surface area contributed by atoms with Crippen LogP contribution in [0.1, 0.15) is 34.7 Å². The van der Waals surface area contributed by atoms with Crippen molar-refractivity contribution >= 4 is 38.7 Å². The Balaban J connectivity index is 1.62. The van der Waals surface area contributed by atoms with Crippen LogP contribution in [0.25, 0.3) is 5.69 Å². The molecule has 3 N–H and O–H groups in total. The lowest BCUT2D eigenvalue weighted by Crippen LogP contribution is -2.29. The van der Waals surface area contributed by atoms with E-state index in [2.05, 4.69) is 44.4 Å². The number of benzene rings is 2. The molecule has 5 rings (SSSR count). The normalized spacial score (nSPS) is 17.6. The quantitative estimate of drug-likeness (QED) is 0.308. The van der Waals surface area contributed by atoms with Crippen molar-refractivity contribution in [3.8, 4) is 11.4 Å². The van der Waals surface area contributed by atoms with Gasteiger partial charge in [-0.2, -0.15) is 0 Å². The van der Waals surface area contributed by atoms with E-state index in [4.69, 9.17) is 12.2 Å². The van der Waals surface area contributed by atoms with Gasteiger partial charge in [-0.25, -0.2) is 8.42 Å². The number of pyridine rings is 1. The van der Waals surface area contributed by atoms with Gasteiger partial charge < -0.3 is 19.9 Å². The van der Waals surface area contributed by atoms with Gasteiger partial charge in [-0.05, 0) is 98.4 Å². The van der Waals surface area contributed by atoms with Gasteiger partial charge in [0.25, 0.3) is 0 Å². The Kier molecular flexibility index (Phi) is 6.38. The van der Waals surface area contributed by atoms with Crippen molar-refractivity contribution in [1.29, 1.82) is 0 Å². The molecule has 10 heteroatoms. The number of hydrogen-bond donors (Lipinski definition) is 3. The zero-order chi connectivity index (χ0) is 26.3. The van der Waals surface area contributed by atoms with E-state index in [-0.39, 0.29) is 17.8 Å². The van der Waals surface area contributed by atoms with Crippen molar-refractivity contribution in [2.45, 2.75) is 25.9 Å². The van der Waals surface area contributed by atoms with Gasteiger partial charge in [0.2, 0.25) is 10.0 Å². The Morgan fingerprint density at radius 2 is 1.68 bits per heavy atom. The van der Waals surface area contributed by atoms with Crippen molar-refractivity contribution in [3.05, 3.63) is 102 Å². The molecule has 4 aromatic rings. The van der Waals surface area contributed by atoms with Crippen molar-refractivity contribution in [2.24, 2.45) is 0 Å². The van der Waals surface area contributed by atoms with Crippen LogP contribution in [-0.2, 0) is 10.0 Å². The summed E-state index contributed by atoms with van der Waals surface area (Å²) in [6.45, 7) is 4.12. The minimum absolute atomic E-state index is 0.212. The largest absolute Gasteiger partial charge is 0.508 e. The van der Waals surface area contributed by atoms with Gasteiger partial charge in [0.15, 0.2) is 5.11 Å². The Hall–Kier alpha value is -3.89. The first-order valence-corrected chi connectivity index (χ1v) is 14.0. The SMILES string of the molecule is Cc1cc([C@H]2[C@@H](c3ccccn3)NC(=S)N2c2ccc(NS(C)(=O)=O)cc2)c(C)n1-c1ccc(O)cc1. The first-order chi connectivity index (χ1) is 17.6. The Morgan fingerprint density at radius 3 is 2.30 bits per heavy atom. The maximum atomic E-state index is 11.7. The maximum absolute atomic E-state index is 11.7. The second kappa shape index (κ2) is 9.53. The zero-order valence-electron chi connectivity index (χ0n) is 20.6. The average molecular weight is 534 g/mol. The summed E-state index contributed by atoms with van der Waals surface area (Å²) in [5.41, 5.74) is 6.28. The van der Waals surface area contributed by atoms with Gasteiger partial charge >= 0.3 is 0 Å². The fraction of sp³-hybridized carbons (Fsp3) is 0.185. The minimum atomic E-state index is -3.38. The topological polar surface area (TPSA) is 99.5 Å². The zero-order valence-corrected chi connectivity index (χ0v) is 22.2. The van der Waals surface area contributed by atoms with E-state index < -0.39 is 10.0 Å². The highest BCUT2D eigenvalue weighted by Crippen LogP contribution is 2.44. The molecule has 0 unspecified atom stereocenters. The van der Waals surface area contributed by atoms with Crippen LogP contribution in [0.15, 0.2) is 79.0 Å². The molecular formula is C27H27N5O3S2. The number of aryl methyl sites for hydroxylation is 1. The molecule has 0 amide bonds. The van der Waals surface area contributed by atoms with Gasteiger partial charge in [0, 0.05) is 34.6 Å². The molecule has 0 aliphatic carbocycles. The van der Waals surface area contributed by atoms with E-state index in [0.717, 1.165) is 40.3 Å². The van der Waals surface area contributed by atoms with Crippen LogP contribution >= 0.6 is 12.2 Å². The van der Waals surface area contributed by atoms with E-state index in [0.29, 0.717) is 10.8 Å². The summed E-state index contributed by atoms with van der Waals surface area (Å²) in [6.07, 6.45) is 2.89. The van der Waals surface area contributed by atoms with Crippen LogP contribution in [0, 0.1) is 13.8 Å². The summed E-state index contributed by atoms with van der Waals surface area (Å²) in [4.78, 5) is 6.68. The molecule has 190 valence electrons. The third kappa shape index (κ3) is 4.90. The number of phenols is 1. The lowest BCUT2D eigenvalue weighted by molar-refractivity contribution is 0.475. The number of aromatic nitrogens is 2. The lowest BCUT2D eigenvalue weighted by Gasteiger charge is -2.28. The number of anilines is 2. The van der Waals surface area contributed by atoms with E-state index in [1.165, 1.54) is 0 Å². The summed E-state index contributed by atoms with van der Waals surface area (Å²) >= 11 is 5.83. The van der Waals surface area contributed by atoms with Crippen LogP contribution in [-0.4, -0.2) is 34.4 Å². The third-order valence-corrected chi connectivity index (χ3v) is 7.36. The van der Waals surface area contributed by atoms with E-state index in [9.17, 15) is 13.5 Å². The number of hydrogen-bond acceptors (Lipinski definition) is 5. The van der Waals surface area contributed by atoms with Gasteiger partial charge in [-0.1, -0.05) is 6.07 Å². The van der Waals surface area contributed by atoms with Gasteiger partial charge in [-0.15, -0.1) is 0 Å². The van der Waals surface area contributed by atoms with Gasteiger partial charge in [0.1, 0.15) is 5.75 Å². The van der Waals surface area contributed by atoms with E-state index in [1.54, 1.807) is 30.5 Å². The van der Waals surface area contributed by atoms with Crippen molar-refractivity contribution in [1.82, 2.24) is 14.9 Å². The molecule has 0 radical (unpaired) electrons. The first kappa shape index (κ1) is 24.8. The molecule has 0 saturated carbocycles. The molecule has 2 aromatic heterocycles. The minimum Gasteiger partial charge on any atom is -0.508 e. The van der Waals surface area contributed by atoms with Crippen molar-refractivity contribution in [2.75, 3.05) is 15.9 Å². The Bertz CT molecular complexity index is 1550. The standard InChI is InChI=1S/C27H27N5O3S2/c1-17-16-23(18(2)31(17)20-11-13-22(33)14-12-20)26-25(24-6-4-5-15-28-24)29-27(36)32(26)21-9-7-19(8-10-21)30-37(3,34)35/h4-16,25-26,30,33H,1-3H3,(H,29,36)/t25-,26+/m1/s1. The molecular weight excluding hydrogens is 506 g/mol. The van der Waals surface area contributed by atoms with Gasteiger partial charge in [-0.3, -0.25) is 9.71 Å². The molecule has 1 aliphatic heterocycles. The molecule has 1 aliphatic rings. The second-order valence-electron chi connectivity index (χ2n) is 9.10. The highest BCUT2D eigenvalue weighted by Gasteiger charge is 2.42. The maximum Gasteiger partial charge on any atom is 0.229 e. The second-order valence-corrected chi connectivity index (χ2v) is 11.2. The Labute approximate surface area is 221 Å². The highest BCUT2D eigenvalue weighted by molar-refractivity contribution is 7.92. The molecule has 1 fully saturated rings. The highest BCUT2D eigenvalue weighted by atomic mass is 32.2. The van der Waals surface area contributed by atoms with Crippen molar-refractivity contribution < 1.29 is 13.5 Å². The number of rotatable bonds is 6. The average Bonchev–Trinajstić information content (AvgIpc) is 3.35. The summed E-state index contributed by atoms with van der Waals surface area (Å²) in [7, 11) is -3.38. The molecule has 0 spiro atoms. The van der Waals surface area contributed by atoms with Crippen LogP contribution in [0.3, 0.4) is 0 Å². The fourth-order valence-electron chi connectivity index (χ4n) is 4.94. The first-order valence-electron chi connectivity index (χ1n) is 11.7. The smallest absolute Gasteiger partial charge is 0.229 e. The predicted octanol–water partition coefficient (Wildman–Crippen LogP) is 4.74. The molecule has 1 saturated heterocycles. The number of nitrogens with one attached hydrogen (secondary N) is 2. The molecule has 8 nitrogen and oxygen atoms in total. The molecule has 3 heterocycles. The fourth-order valence-corrected chi connectivity index (χ4v) is 5.85. The van der Waals surface area contributed by atoms with Crippen LogP contribution in [0.5, 0.6) is 5.75 Å². The molecule has 2 aromatic carbocycles. The van der Waals surface area contributed by atoms with Crippen LogP contribution < -0.4 is 14.9 Å². The summed E-state index contributed by atoms with van der Waals surface area (Å²) in [5.74, 6) is 0.215. The number of nitrogens with zero attached hydrogens (tertiary/aromatic N) is 3. The number of aromatic hydroxyl groups is 1. The Morgan fingerprint density at radius 1 is 1.00 bits per heavy atom. The summed E-state index contributed by atoms with van der Waals surface area (Å²) in [6, 6.07) is 21.8. The summed E-state index contributed by atoms with van der Waals surface area (Å²) < 4.78 is 28.0. The van der Waals surface area contributed by atoms with Gasteiger partial charge in [0.05, 0.1) is 24.0 Å².